The van der Waals surface area contributed by atoms with Crippen molar-refractivity contribution < 1.29 is 23.1 Å². The highest BCUT2D eigenvalue weighted by Gasteiger charge is 2.44. The summed E-state index contributed by atoms with van der Waals surface area (Å²) in [6.45, 7) is 7.49. The van der Waals surface area contributed by atoms with E-state index in [1.807, 2.05) is 6.07 Å². The quantitative estimate of drug-likeness (QED) is 0.692. The Morgan fingerprint density at radius 1 is 1.10 bits per heavy atom. The van der Waals surface area contributed by atoms with Gasteiger partial charge in [0.25, 0.3) is 5.92 Å². The second kappa shape index (κ2) is 7.32. The van der Waals surface area contributed by atoms with Crippen LogP contribution in [0.1, 0.15) is 50.3 Å². The van der Waals surface area contributed by atoms with Crippen LogP contribution in [0.15, 0.2) is 36.4 Å². The Kier molecular flexibility index (Phi) is 5.03. The summed E-state index contributed by atoms with van der Waals surface area (Å²) in [5, 5.41) is 2.72. The van der Waals surface area contributed by atoms with Crippen LogP contribution in [-0.2, 0) is 15.5 Å². The predicted molar refractivity (Wildman–Crippen MR) is 114 cm³/mol. The van der Waals surface area contributed by atoms with Crippen molar-refractivity contribution in [3.05, 3.63) is 53.1 Å². The van der Waals surface area contributed by atoms with Crippen LogP contribution in [0.4, 0.5) is 19.3 Å². The van der Waals surface area contributed by atoms with Gasteiger partial charge < -0.3 is 10.1 Å². The predicted octanol–water partition coefficient (Wildman–Crippen LogP) is 5.45. The Balaban J connectivity index is 1.55. The molecule has 2 aromatic rings. The number of fused-ring (bicyclic) bond motifs is 3. The van der Waals surface area contributed by atoms with E-state index in [0.29, 0.717) is 30.5 Å². The van der Waals surface area contributed by atoms with E-state index in [1.165, 1.54) is 17.0 Å². The van der Waals surface area contributed by atoms with E-state index in [-0.39, 0.29) is 16.8 Å². The molecule has 5 nitrogen and oxygen atoms in total. The fourth-order valence-electron chi connectivity index (χ4n) is 4.22. The van der Waals surface area contributed by atoms with Crippen molar-refractivity contribution in [3.63, 3.8) is 0 Å². The largest absolute Gasteiger partial charge is 0.444 e. The second-order valence-electron chi connectivity index (χ2n) is 9.20. The summed E-state index contributed by atoms with van der Waals surface area (Å²) in [5.74, 6) is -3.54. The Hall–Kier alpha value is -2.96. The van der Waals surface area contributed by atoms with Crippen molar-refractivity contribution in [2.75, 3.05) is 11.9 Å². The molecule has 2 amide bonds. The molecule has 31 heavy (non-hydrogen) atoms. The number of nitrogens with zero attached hydrogens (tertiary/aromatic N) is 1. The zero-order valence-electron chi connectivity index (χ0n) is 18.1. The number of halogens is 2. The Morgan fingerprint density at radius 3 is 2.42 bits per heavy atom. The number of nitrogens with one attached hydrogen (secondary N) is 1. The lowest BCUT2D eigenvalue weighted by Gasteiger charge is -2.28. The van der Waals surface area contributed by atoms with E-state index in [9.17, 15) is 9.59 Å². The van der Waals surface area contributed by atoms with Crippen molar-refractivity contribution in [1.82, 2.24) is 4.90 Å². The third-order valence-corrected chi connectivity index (χ3v) is 5.61. The number of ether oxygens (including phenoxy) is 1. The zero-order valence-corrected chi connectivity index (χ0v) is 18.1. The lowest BCUT2D eigenvalue weighted by Crippen LogP contribution is -2.45. The number of hydrogen-bond acceptors (Lipinski definition) is 3. The third kappa shape index (κ3) is 3.89. The number of hydrogen-bond donors (Lipinski definition) is 1. The first-order valence-electron chi connectivity index (χ1n) is 10.4. The Labute approximate surface area is 180 Å². The van der Waals surface area contributed by atoms with Crippen molar-refractivity contribution in [1.29, 1.82) is 0 Å². The topological polar surface area (TPSA) is 58.6 Å². The van der Waals surface area contributed by atoms with Crippen LogP contribution in [0.2, 0.25) is 0 Å². The molecule has 1 N–H and O–H groups in total. The van der Waals surface area contributed by atoms with E-state index in [2.05, 4.69) is 5.32 Å². The molecular formula is C24H26F2N2O3. The lowest BCUT2D eigenvalue weighted by molar-refractivity contribution is -0.120. The number of likely N-dealkylation sites (tertiary alicyclic amines) is 1. The van der Waals surface area contributed by atoms with E-state index < -0.39 is 29.6 Å². The summed E-state index contributed by atoms with van der Waals surface area (Å²) >= 11 is 0. The molecule has 164 valence electrons. The smallest absolute Gasteiger partial charge is 0.410 e. The summed E-state index contributed by atoms with van der Waals surface area (Å²) in [5.41, 5.74) is 1.22. The summed E-state index contributed by atoms with van der Waals surface area (Å²) < 4.78 is 35.5. The monoisotopic (exact) mass is 428 g/mol. The van der Waals surface area contributed by atoms with Gasteiger partial charge in [0.1, 0.15) is 11.6 Å². The van der Waals surface area contributed by atoms with Crippen LogP contribution in [0.3, 0.4) is 0 Å². The first-order chi connectivity index (χ1) is 14.5. The normalized spacial score (nSPS) is 19.0. The van der Waals surface area contributed by atoms with Gasteiger partial charge in [-0.3, -0.25) is 9.69 Å². The van der Waals surface area contributed by atoms with E-state index >= 15 is 8.78 Å². The molecule has 7 heteroatoms. The number of benzene rings is 2. The summed E-state index contributed by atoms with van der Waals surface area (Å²) in [7, 11) is 0. The van der Waals surface area contributed by atoms with Crippen LogP contribution >= 0.6 is 0 Å². The minimum atomic E-state index is -3.13. The number of anilines is 1. The Bertz CT molecular complexity index is 1060. The molecule has 2 aromatic carbocycles. The van der Waals surface area contributed by atoms with Crippen LogP contribution in [-0.4, -0.2) is 35.1 Å². The van der Waals surface area contributed by atoms with Gasteiger partial charge in [0.05, 0.1) is 0 Å². The molecule has 0 spiro atoms. The molecule has 0 saturated carbocycles. The van der Waals surface area contributed by atoms with E-state index in [4.69, 9.17) is 4.74 Å². The van der Waals surface area contributed by atoms with Crippen molar-refractivity contribution in [2.45, 2.75) is 58.1 Å². The summed E-state index contributed by atoms with van der Waals surface area (Å²) in [4.78, 5) is 26.7. The molecule has 0 bridgehead atoms. The molecule has 2 aliphatic rings. The zero-order chi connectivity index (χ0) is 22.6. The number of aryl methyl sites for hydroxylation is 1. The van der Waals surface area contributed by atoms with Gasteiger partial charge in [0.2, 0.25) is 5.91 Å². The van der Waals surface area contributed by atoms with Crippen molar-refractivity contribution in [2.24, 2.45) is 0 Å². The minimum Gasteiger partial charge on any atom is -0.444 e. The number of alkyl halides is 2. The highest BCUT2D eigenvalue weighted by molar-refractivity contribution is 5.97. The van der Waals surface area contributed by atoms with Crippen LogP contribution in [0.5, 0.6) is 0 Å². The first kappa shape index (κ1) is 21.3. The van der Waals surface area contributed by atoms with Crippen molar-refractivity contribution in [3.8, 4) is 11.1 Å². The molecule has 1 aliphatic carbocycles. The molecule has 1 saturated heterocycles. The maximum Gasteiger partial charge on any atom is 0.410 e. The summed E-state index contributed by atoms with van der Waals surface area (Å²) in [6.07, 6.45) is 0.627. The van der Waals surface area contributed by atoms with Gasteiger partial charge in [0.15, 0.2) is 0 Å². The standard InChI is InChI=1S/C24H26F2N2O3/c1-14-7-9-16-17-10-8-15(13-19(17)24(25,26)18(16)12-14)27-21(29)20-6-5-11-28(20)22(30)31-23(2,3)4/h7-10,12-13,20H,5-6,11H2,1-4H3,(H,27,29). The van der Waals surface area contributed by atoms with E-state index in [1.54, 1.807) is 45.9 Å². The molecule has 0 radical (unpaired) electrons. The minimum absolute atomic E-state index is 0.0159. The van der Waals surface area contributed by atoms with Gasteiger partial charge in [-0.05, 0) is 69.9 Å². The summed E-state index contributed by atoms with van der Waals surface area (Å²) in [6, 6.07) is 8.89. The van der Waals surface area contributed by atoms with Gasteiger partial charge in [-0.1, -0.05) is 23.8 Å². The number of amides is 2. The van der Waals surface area contributed by atoms with Gasteiger partial charge >= 0.3 is 6.09 Å². The highest BCUT2D eigenvalue weighted by atomic mass is 19.3. The average molecular weight is 428 g/mol. The van der Waals surface area contributed by atoms with Crippen LogP contribution in [0.25, 0.3) is 11.1 Å². The molecule has 1 aliphatic heterocycles. The van der Waals surface area contributed by atoms with Crippen molar-refractivity contribution >= 4 is 17.7 Å². The molecular weight excluding hydrogens is 402 g/mol. The molecule has 4 rings (SSSR count). The maximum absolute atomic E-state index is 15.1. The molecule has 1 fully saturated rings. The molecule has 1 unspecified atom stereocenters. The SMILES string of the molecule is Cc1ccc2c(c1)C(F)(F)c1cc(NC(=O)C3CCCN3C(=O)OC(C)(C)C)ccc1-2. The number of rotatable bonds is 2. The second-order valence-corrected chi connectivity index (χ2v) is 9.20. The fourth-order valence-corrected chi connectivity index (χ4v) is 4.22. The van der Waals surface area contributed by atoms with Gasteiger partial charge in [-0.15, -0.1) is 0 Å². The average Bonchev–Trinajstić information content (AvgIpc) is 3.23. The molecule has 1 atom stereocenters. The first-order valence-corrected chi connectivity index (χ1v) is 10.4. The van der Waals surface area contributed by atoms with Crippen LogP contribution in [0, 0.1) is 6.92 Å². The number of carbonyl (C=O) groups excluding carboxylic acids is 2. The highest BCUT2D eigenvalue weighted by Crippen LogP contribution is 2.51. The Morgan fingerprint density at radius 2 is 1.74 bits per heavy atom. The molecule has 0 aromatic heterocycles. The number of carbonyl (C=O) groups is 2. The lowest BCUT2D eigenvalue weighted by atomic mass is 10.0. The third-order valence-electron chi connectivity index (χ3n) is 5.61. The van der Waals surface area contributed by atoms with Gasteiger partial charge in [-0.2, -0.15) is 8.78 Å². The van der Waals surface area contributed by atoms with Gasteiger partial charge in [-0.25, -0.2) is 4.79 Å². The molecule has 1 heterocycles. The maximum atomic E-state index is 15.1. The fraction of sp³-hybridized carbons (Fsp3) is 0.417. The van der Waals surface area contributed by atoms with Crippen LogP contribution < -0.4 is 5.32 Å². The van der Waals surface area contributed by atoms with E-state index in [0.717, 1.165) is 5.56 Å². The van der Waals surface area contributed by atoms with Gasteiger partial charge in [0, 0.05) is 23.4 Å².